The number of piperidine rings is 1. The number of hydrogen-bond acceptors (Lipinski definition) is 5. The van der Waals surface area contributed by atoms with Gasteiger partial charge in [0.2, 0.25) is 5.91 Å². The first-order chi connectivity index (χ1) is 17.0. The van der Waals surface area contributed by atoms with E-state index in [1.54, 1.807) is 0 Å². The van der Waals surface area contributed by atoms with Crippen LogP contribution in [0.25, 0.3) is 16.9 Å². The molecule has 2 aromatic heterocycles. The van der Waals surface area contributed by atoms with Gasteiger partial charge in [0.25, 0.3) is 0 Å². The van der Waals surface area contributed by atoms with Crippen molar-refractivity contribution in [2.75, 3.05) is 29.9 Å². The molecular weight excluding hydrogens is 462 g/mol. The summed E-state index contributed by atoms with van der Waals surface area (Å²) in [6.07, 6.45) is 1.52. The van der Waals surface area contributed by atoms with Gasteiger partial charge in [-0.05, 0) is 51.0 Å². The highest BCUT2D eigenvalue weighted by Gasteiger charge is 2.27. The number of aromatic nitrogens is 3. The summed E-state index contributed by atoms with van der Waals surface area (Å²) >= 11 is 6.05. The number of rotatable bonds is 6. The first-order valence-corrected chi connectivity index (χ1v) is 12.3. The smallest absolute Gasteiger partial charge is 0.227 e. The minimum Gasteiger partial charge on any atom is -0.492 e. The number of nitrogens with one attached hydrogen (secondary N) is 1. The Labute approximate surface area is 209 Å². The highest BCUT2D eigenvalue weighted by Crippen LogP contribution is 2.29. The van der Waals surface area contributed by atoms with Crippen molar-refractivity contribution in [2.45, 2.75) is 26.7 Å². The van der Waals surface area contributed by atoms with E-state index >= 15 is 0 Å². The molecule has 1 fully saturated rings. The van der Waals surface area contributed by atoms with Gasteiger partial charge in [-0.25, -0.2) is 4.98 Å². The first kappa shape index (κ1) is 23.2. The third-order valence-electron chi connectivity index (χ3n) is 6.31. The van der Waals surface area contributed by atoms with Crippen LogP contribution in [0, 0.1) is 12.8 Å². The van der Waals surface area contributed by atoms with E-state index in [-0.39, 0.29) is 11.8 Å². The predicted molar refractivity (Wildman–Crippen MR) is 139 cm³/mol. The third kappa shape index (κ3) is 4.95. The van der Waals surface area contributed by atoms with Gasteiger partial charge in [0, 0.05) is 47.4 Å². The molecule has 0 atom stereocenters. The highest BCUT2D eigenvalue weighted by molar-refractivity contribution is 6.30. The van der Waals surface area contributed by atoms with Crippen molar-refractivity contribution in [3.8, 4) is 17.0 Å². The largest absolute Gasteiger partial charge is 0.492 e. The molecule has 7 nitrogen and oxygen atoms in total. The van der Waals surface area contributed by atoms with Crippen molar-refractivity contribution in [1.82, 2.24) is 14.6 Å². The van der Waals surface area contributed by atoms with Gasteiger partial charge in [0.05, 0.1) is 18.0 Å². The summed E-state index contributed by atoms with van der Waals surface area (Å²) in [7, 11) is 0. The molecule has 0 aliphatic carbocycles. The number of halogens is 1. The Morgan fingerprint density at radius 2 is 1.86 bits per heavy atom. The van der Waals surface area contributed by atoms with Crippen molar-refractivity contribution in [1.29, 1.82) is 0 Å². The fourth-order valence-corrected chi connectivity index (χ4v) is 4.65. The number of aryl methyl sites for hydroxylation is 1. The van der Waals surface area contributed by atoms with Crippen molar-refractivity contribution in [3.05, 3.63) is 71.4 Å². The van der Waals surface area contributed by atoms with Crippen LogP contribution >= 0.6 is 11.6 Å². The fourth-order valence-electron chi connectivity index (χ4n) is 4.52. The molecule has 1 amide bonds. The Hall–Kier alpha value is -3.58. The van der Waals surface area contributed by atoms with E-state index in [9.17, 15) is 4.79 Å². The van der Waals surface area contributed by atoms with E-state index < -0.39 is 0 Å². The molecule has 0 bridgehead atoms. The highest BCUT2D eigenvalue weighted by atomic mass is 35.5. The number of amides is 1. The van der Waals surface area contributed by atoms with E-state index in [1.165, 1.54) is 0 Å². The van der Waals surface area contributed by atoms with Gasteiger partial charge in [0.15, 0.2) is 5.65 Å². The summed E-state index contributed by atoms with van der Waals surface area (Å²) in [5.74, 6) is 1.68. The second-order valence-corrected chi connectivity index (χ2v) is 9.18. The van der Waals surface area contributed by atoms with Crippen LogP contribution in [0.2, 0.25) is 5.02 Å². The molecule has 1 aliphatic rings. The van der Waals surface area contributed by atoms with E-state index in [4.69, 9.17) is 21.4 Å². The Kier molecular flexibility index (Phi) is 6.59. The Bertz CT molecular complexity index is 1340. The number of hydrogen-bond donors (Lipinski definition) is 1. The van der Waals surface area contributed by atoms with Gasteiger partial charge >= 0.3 is 0 Å². The number of benzene rings is 2. The lowest BCUT2D eigenvalue weighted by atomic mass is 9.95. The maximum absolute atomic E-state index is 13.0. The van der Waals surface area contributed by atoms with Crippen LogP contribution in [0.15, 0.2) is 60.7 Å². The lowest BCUT2D eigenvalue weighted by molar-refractivity contribution is -0.120. The van der Waals surface area contributed by atoms with Crippen LogP contribution < -0.4 is 15.0 Å². The van der Waals surface area contributed by atoms with Crippen LogP contribution in [0.4, 0.5) is 11.5 Å². The minimum atomic E-state index is -0.0541. The average Bonchev–Trinajstić information content (AvgIpc) is 3.29. The second-order valence-electron chi connectivity index (χ2n) is 8.74. The molecule has 1 saturated heterocycles. The van der Waals surface area contributed by atoms with Crippen LogP contribution in [-0.2, 0) is 4.79 Å². The monoisotopic (exact) mass is 489 g/mol. The standard InChI is InChI=1S/C27H28ClN5O2/c1-3-35-24-7-5-4-6-22(24)30-27(34)20-12-14-32(15-13-20)26-16-18(2)29-25-17-23(31-33(25)26)19-8-10-21(28)11-9-19/h4-11,16-17,20H,3,12-15H2,1-2H3,(H,30,34). The van der Waals surface area contributed by atoms with Crippen LogP contribution in [-0.4, -0.2) is 40.2 Å². The van der Waals surface area contributed by atoms with E-state index in [0.717, 1.165) is 60.0 Å². The molecule has 8 heteroatoms. The molecule has 3 heterocycles. The van der Waals surface area contributed by atoms with Gasteiger partial charge in [-0.3, -0.25) is 4.79 Å². The van der Waals surface area contributed by atoms with Gasteiger partial charge in [-0.15, -0.1) is 0 Å². The van der Waals surface area contributed by atoms with Crippen LogP contribution in [0.5, 0.6) is 5.75 Å². The van der Waals surface area contributed by atoms with Gasteiger partial charge in [0.1, 0.15) is 11.6 Å². The maximum atomic E-state index is 13.0. The van der Waals surface area contributed by atoms with E-state index in [0.29, 0.717) is 17.4 Å². The Morgan fingerprint density at radius 1 is 1.11 bits per heavy atom. The minimum absolute atomic E-state index is 0.0389. The second kappa shape index (κ2) is 9.96. The number of ether oxygens (including phenoxy) is 1. The van der Waals surface area contributed by atoms with Crippen molar-refractivity contribution < 1.29 is 9.53 Å². The Morgan fingerprint density at radius 3 is 2.60 bits per heavy atom. The topological polar surface area (TPSA) is 71.8 Å². The number of anilines is 2. The molecule has 1 N–H and O–H groups in total. The molecule has 0 saturated carbocycles. The molecule has 4 aromatic rings. The predicted octanol–water partition coefficient (Wildman–Crippen LogP) is 5.61. The van der Waals surface area contributed by atoms with Gasteiger partial charge in [-0.2, -0.15) is 9.61 Å². The lowest BCUT2D eigenvalue weighted by Gasteiger charge is -2.33. The van der Waals surface area contributed by atoms with E-state index in [1.807, 2.05) is 73.0 Å². The third-order valence-corrected chi connectivity index (χ3v) is 6.56. The van der Waals surface area contributed by atoms with Crippen LogP contribution in [0.3, 0.4) is 0 Å². The number of para-hydroxylation sites is 2. The van der Waals surface area contributed by atoms with Gasteiger partial charge < -0.3 is 15.0 Å². The molecular formula is C27H28ClN5O2. The summed E-state index contributed by atoms with van der Waals surface area (Å²) in [6, 6.07) is 19.3. The van der Waals surface area contributed by atoms with Crippen LogP contribution in [0.1, 0.15) is 25.5 Å². The molecule has 0 spiro atoms. The van der Waals surface area contributed by atoms with Gasteiger partial charge in [-0.1, -0.05) is 35.9 Å². The van der Waals surface area contributed by atoms with Crippen molar-refractivity contribution in [2.24, 2.45) is 5.92 Å². The zero-order chi connectivity index (χ0) is 24.4. The normalized spacial score (nSPS) is 14.3. The van der Waals surface area contributed by atoms with Crippen molar-refractivity contribution >= 4 is 34.7 Å². The summed E-state index contributed by atoms with van der Waals surface area (Å²) in [5.41, 5.74) is 4.30. The molecule has 2 aromatic carbocycles. The summed E-state index contributed by atoms with van der Waals surface area (Å²) in [5, 5.41) is 8.60. The maximum Gasteiger partial charge on any atom is 0.227 e. The SMILES string of the molecule is CCOc1ccccc1NC(=O)C1CCN(c2cc(C)nc3cc(-c4ccc(Cl)cc4)nn23)CC1. The summed E-state index contributed by atoms with van der Waals surface area (Å²) in [4.78, 5) is 20.0. The average molecular weight is 490 g/mol. The first-order valence-electron chi connectivity index (χ1n) is 11.9. The number of carbonyl (C=O) groups excluding carboxylic acids is 1. The quantitative estimate of drug-likeness (QED) is 0.381. The fraction of sp³-hybridized carbons (Fsp3) is 0.296. The molecule has 35 heavy (non-hydrogen) atoms. The zero-order valence-electron chi connectivity index (χ0n) is 19.9. The summed E-state index contributed by atoms with van der Waals surface area (Å²) < 4.78 is 7.55. The lowest BCUT2D eigenvalue weighted by Crippen LogP contribution is -2.39. The molecule has 5 rings (SSSR count). The van der Waals surface area contributed by atoms with Crippen molar-refractivity contribution in [3.63, 3.8) is 0 Å². The van der Waals surface area contributed by atoms with E-state index in [2.05, 4.69) is 21.3 Å². The molecule has 1 aliphatic heterocycles. The number of nitrogens with zero attached hydrogens (tertiary/aromatic N) is 4. The Balaban J connectivity index is 1.32. The molecule has 0 radical (unpaired) electrons. The number of carbonyl (C=O) groups is 1. The summed E-state index contributed by atoms with van der Waals surface area (Å²) in [6.45, 7) is 6.01. The number of fused-ring (bicyclic) bond motifs is 1. The zero-order valence-corrected chi connectivity index (χ0v) is 20.6. The molecule has 0 unspecified atom stereocenters. The molecule has 180 valence electrons.